The van der Waals surface area contributed by atoms with E-state index in [1.165, 1.54) is 11.1 Å². The summed E-state index contributed by atoms with van der Waals surface area (Å²) in [5.41, 5.74) is 3.03. The van der Waals surface area contributed by atoms with Crippen LogP contribution in [0.15, 0.2) is 41.2 Å². The van der Waals surface area contributed by atoms with Gasteiger partial charge in [0.1, 0.15) is 5.82 Å². The van der Waals surface area contributed by atoms with Crippen molar-refractivity contribution in [1.82, 2.24) is 20.3 Å². The van der Waals surface area contributed by atoms with Gasteiger partial charge in [-0.15, -0.1) is 0 Å². The molecule has 1 aromatic carbocycles. The summed E-state index contributed by atoms with van der Waals surface area (Å²) in [5, 5.41) is 5.69. The summed E-state index contributed by atoms with van der Waals surface area (Å²) in [6, 6.07) is 11.4. The third-order valence-electron chi connectivity index (χ3n) is 4.93. The summed E-state index contributed by atoms with van der Waals surface area (Å²) in [6.45, 7) is 0. The number of aromatic nitrogens is 3. The molecule has 144 valence electrons. The van der Waals surface area contributed by atoms with Crippen LogP contribution in [0, 0.1) is 0 Å². The first-order chi connectivity index (χ1) is 13.6. The van der Waals surface area contributed by atoms with Crippen LogP contribution < -0.4 is 16.3 Å². The van der Waals surface area contributed by atoms with Gasteiger partial charge in [-0.25, -0.2) is 9.78 Å². The maximum Gasteiger partial charge on any atom is 0.325 e. The van der Waals surface area contributed by atoms with E-state index in [4.69, 9.17) is 0 Å². The molecule has 8 nitrogen and oxygen atoms in total. The van der Waals surface area contributed by atoms with Crippen LogP contribution >= 0.6 is 0 Å². The Balaban J connectivity index is 1.31. The third-order valence-corrected chi connectivity index (χ3v) is 4.93. The molecule has 0 radical (unpaired) electrons. The summed E-state index contributed by atoms with van der Waals surface area (Å²) >= 11 is 0. The van der Waals surface area contributed by atoms with Crippen molar-refractivity contribution in [1.29, 1.82) is 0 Å². The van der Waals surface area contributed by atoms with Crippen molar-refractivity contribution in [3.63, 3.8) is 0 Å². The average molecular weight is 379 g/mol. The fourth-order valence-corrected chi connectivity index (χ4v) is 3.59. The van der Waals surface area contributed by atoms with Crippen LogP contribution in [-0.4, -0.2) is 26.8 Å². The van der Waals surface area contributed by atoms with Crippen molar-refractivity contribution in [2.75, 3.05) is 5.32 Å². The second kappa shape index (κ2) is 7.67. The first-order valence-corrected chi connectivity index (χ1v) is 9.34. The number of aryl methyl sites for hydroxylation is 1. The first-order valence-electron chi connectivity index (χ1n) is 9.34. The Bertz CT molecular complexity index is 1080. The molecular weight excluding hydrogens is 358 g/mol. The van der Waals surface area contributed by atoms with Gasteiger partial charge in [-0.1, -0.05) is 24.3 Å². The van der Waals surface area contributed by atoms with Gasteiger partial charge >= 0.3 is 5.69 Å². The van der Waals surface area contributed by atoms with Gasteiger partial charge in [0.05, 0.1) is 11.6 Å². The Morgan fingerprint density at radius 2 is 1.89 bits per heavy atom. The highest BCUT2D eigenvalue weighted by molar-refractivity contribution is 5.93. The standard InChI is InChI=1S/C20H21N5O3/c26-17(21-14-7-3-5-12-4-1-2-6-13(12)14)10-11-18(27)23-16-9-8-15-19(24-16)25-20(28)22-15/h1-2,4,6,8-9,14H,3,5,7,10-11H2,(H,21,26)(H3,22,23,24,25,27,28). The largest absolute Gasteiger partial charge is 0.349 e. The predicted molar refractivity (Wildman–Crippen MR) is 105 cm³/mol. The average Bonchev–Trinajstić information content (AvgIpc) is 3.06. The van der Waals surface area contributed by atoms with Crippen LogP contribution in [-0.2, 0) is 16.0 Å². The number of imidazole rings is 1. The molecule has 2 aromatic heterocycles. The van der Waals surface area contributed by atoms with Crippen molar-refractivity contribution >= 4 is 28.8 Å². The van der Waals surface area contributed by atoms with Crippen LogP contribution in [0.25, 0.3) is 11.2 Å². The maximum absolute atomic E-state index is 12.3. The van der Waals surface area contributed by atoms with Crippen LogP contribution in [0.2, 0.25) is 0 Å². The van der Waals surface area contributed by atoms with Gasteiger partial charge in [0, 0.05) is 12.8 Å². The van der Waals surface area contributed by atoms with Crippen molar-refractivity contribution < 1.29 is 9.59 Å². The summed E-state index contributed by atoms with van der Waals surface area (Å²) in [7, 11) is 0. The second-order valence-corrected chi connectivity index (χ2v) is 6.93. The Morgan fingerprint density at radius 3 is 2.79 bits per heavy atom. The van der Waals surface area contributed by atoms with Crippen molar-refractivity contribution in [2.24, 2.45) is 0 Å². The van der Waals surface area contributed by atoms with Gasteiger partial charge in [0.15, 0.2) is 5.65 Å². The topological polar surface area (TPSA) is 120 Å². The molecule has 8 heteroatoms. The number of hydrogen-bond acceptors (Lipinski definition) is 4. The number of carbonyl (C=O) groups is 2. The summed E-state index contributed by atoms with van der Waals surface area (Å²) in [4.78, 5) is 45.0. The van der Waals surface area contributed by atoms with Crippen LogP contribution in [0.3, 0.4) is 0 Å². The number of benzene rings is 1. The molecule has 4 N–H and O–H groups in total. The summed E-state index contributed by atoms with van der Waals surface area (Å²) in [6.07, 6.45) is 3.15. The minimum absolute atomic E-state index is 0.00926. The molecule has 28 heavy (non-hydrogen) atoms. The highest BCUT2D eigenvalue weighted by Gasteiger charge is 2.21. The lowest BCUT2D eigenvalue weighted by molar-refractivity contribution is -0.125. The van der Waals surface area contributed by atoms with Crippen molar-refractivity contribution in [3.8, 4) is 0 Å². The molecule has 1 aliphatic carbocycles. The number of rotatable bonds is 5. The molecule has 0 fully saturated rings. The van der Waals surface area contributed by atoms with E-state index < -0.39 is 0 Å². The van der Waals surface area contributed by atoms with E-state index in [2.05, 4.69) is 37.7 Å². The molecule has 0 bridgehead atoms. The SMILES string of the molecule is O=C(CCC(=O)NC1CCCc2ccccc21)Nc1ccc2[nH]c(=O)[nH]c2n1. The van der Waals surface area contributed by atoms with Gasteiger partial charge in [0.25, 0.3) is 0 Å². The second-order valence-electron chi connectivity index (χ2n) is 6.93. The zero-order chi connectivity index (χ0) is 19.5. The maximum atomic E-state index is 12.3. The molecule has 0 saturated carbocycles. The van der Waals surface area contributed by atoms with E-state index in [1.54, 1.807) is 12.1 Å². The smallest absolute Gasteiger partial charge is 0.325 e. The molecule has 3 aromatic rings. The van der Waals surface area contributed by atoms with Gasteiger partial charge in [0.2, 0.25) is 11.8 Å². The Morgan fingerprint density at radius 1 is 1.07 bits per heavy atom. The lowest BCUT2D eigenvalue weighted by atomic mass is 9.87. The van der Waals surface area contributed by atoms with E-state index in [9.17, 15) is 14.4 Å². The minimum Gasteiger partial charge on any atom is -0.349 e. The fraction of sp³-hybridized carbons (Fsp3) is 0.300. The monoisotopic (exact) mass is 379 g/mol. The number of H-pyrrole nitrogens is 2. The number of aromatic amines is 2. The molecule has 1 unspecified atom stereocenters. The molecule has 1 aliphatic rings. The number of carbonyl (C=O) groups excluding carboxylic acids is 2. The van der Waals surface area contributed by atoms with Crippen LogP contribution in [0.5, 0.6) is 0 Å². The molecule has 2 amide bonds. The number of nitrogens with one attached hydrogen (secondary N) is 4. The van der Waals surface area contributed by atoms with Crippen LogP contribution in [0.4, 0.5) is 5.82 Å². The minimum atomic E-state index is -0.355. The van der Waals surface area contributed by atoms with Gasteiger partial charge in [-0.3, -0.25) is 14.6 Å². The fourth-order valence-electron chi connectivity index (χ4n) is 3.59. The number of amides is 2. The van der Waals surface area contributed by atoms with Gasteiger partial charge in [-0.2, -0.15) is 0 Å². The van der Waals surface area contributed by atoms with Gasteiger partial charge in [-0.05, 0) is 42.5 Å². The molecule has 1 atom stereocenters. The zero-order valence-corrected chi connectivity index (χ0v) is 15.2. The number of hydrogen-bond donors (Lipinski definition) is 4. The third kappa shape index (κ3) is 3.95. The van der Waals surface area contributed by atoms with Gasteiger partial charge < -0.3 is 15.6 Å². The summed E-state index contributed by atoms with van der Waals surface area (Å²) < 4.78 is 0. The lowest BCUT2D eigenvalue weighted by Crippen LogP contribution is -2.31. The highest BCUT2D eigenvalue weighted by atomic mass is 16.2. The van der Waals surface area contributed by atoms with Crippen molar-refractivity contribution in [2.45, 2.75) is 38.1 Å². The number of nitrogens with zero attached hydrogens (tertiary/aromatic N) is 1. The van der Waals surface area contributed by atoms with E-state index in [1.807, 2.05) is 12.1 Å². The molecule has 0 spiro atoms. The molecule has 2 heterocycles. The summed E-state index contributed by atoms with van der Waals surface area (Å²) in [5.74, 6) is -0.117. The van der Waals surface area contributed by atoms with Crippen LogP contribution in [0.1, 0.15) is 42.9 Å². The molecular formula is C20H21N5O3. The molecule has 0 saturated heterocycles. The first kappa shape index (κ1) is 18.0. The van der Waals surface area contributed by atoms with E-state index in [-0.39, 0.29) is 36.4 Å². The lowest BCUT2D eigenvalue weighted by Gasteiger charge is -2.26. The Labute approximate surface area is 160 Å². The van der Waals surface area contributed by atoms with E-state index >= 15 is 0 Å². The normalized spacial score (nSPS) is 15.8. The quantitative estimate of drug-likeness (QED) is 0.543. The molecule has 4 rings (SSSR count). The number of fused-ring (bicyclic) bond motifs is 2. The molecule has 0 aliphatic heterocycles. The van der Waals surface area contributed by atoms with E-state index in [0.717, 1.165) is 19.3 Å². The van der Waals surface area contributed by atoms with E-state index in [0.29, 0.717) is 17.0 Å². The zero-order valence-electron chi connectivity index (χ0n) is 15.2. The Hall–Kier alpha value is -3.42. The highest BCUT2D eigenvalue weighted by Crippen LogP contribution is 2.29. The number of pyridine rings is 1. The Kier molecular flexibility index (Phi) is 4.92. The number of anilines is 1. The predicted octanol–water partition coefficient (Wildman–Crippen LogP) is 2.16. The van der Waals surface area contributed by atoms with Crippen molar-refractivity contribution in [3.05, 3.63) is 58.0 Å².